The quantitative estimate of drug-likeness (QED) is 0.830. The number of aryl methyl sites for hydroxylation is 1. The largest absolute Gasteiger partial charge is 0.443 e. The second kappa shape index (κ2) is 8.10. The second-order valence-electron chi connectivity index (χ2n) is 6.45. The number of hydrogen-bond donors (Lipinski definition) is 2. The molecule has 2 heterocycles. The summed E-state index contributed by atoms with van der Waals surface area (Å²) in [5.41, 5.74) is 1.64. The molecule has 27 heavy (non-hydrogen) atoms. The lowest BCUT2D eigenvalue weighted by Gasteiger charge is -2.35. The van der Waals surface area contributed by atoms with Crippen molar-refractivity contribution in [3.8, 4) is 11.3 Å². The predicted molar refractivity (Wildman–Crippen MR) is 93.3 cm³/mol. The third kappa shape index (κ3) is 4.67. The highest BCUT2D eigenvalue weighted by Crippen LogP contribution is 2.26. The van der Waals surface area contributed by atoms with Crippen molar-refractivity contribution in [2.24, 2.45) is 0 Å². The Hall–Kier alpha value is -2.39. The summed E-state index contributed by atoms with van der Waals surface area (Å²) in [6.07, 6.45) is -3.32. The van der Waals surface area contributed by atoms with Crippen LogP contribution in [0.2, 0.25) is 0 Å². The first-order chi connectivity index (χ1) is 12.9. The molecule has 0 spiro atoms. The van der Waals surface area contributed by atoms with Crippen LogP contribution in [0.5, 0.6) is 0 Å². The molecule has 2 aromatic rings. The number of nitrogens with zero attached hydrogens (tertiary/aromatic N) is 2. The van der Waals surface area contributed by atoms with Crippen molar-refractivity contribution in [3.05, 3.63) is 41.9 Å². The zero-order valence-electron chi connectivity index (χ0n) is 14.8. The van der Waals surface area contributed by atoms with E-state index in [-0.39, 0.29) is 24.5 Å². The number of carbonyl (C=O) groups is 1. The molecule has 1 aliphatic heterocycles. The fraction of sp³-hybridized carbons (Fsp3) is 0.444. The molecule has 1 unspecified atom stereocenters. The van der Waals surface area contributed by atoms with Crippen molar-refractivity contribution >= 4 is 5.91 Å². The van der Waals surface area contributed by atoms with E-state index in [0.29, 0.717) is 18.7 Å². The molecule has 3 rings (SSSR count). The van der Waals surface area contributed by atoms with Gasteiger partial charge in [0.2, 0.25) is 0 Å². The molecule has 9 heteroatoms. The molecule has 1 aromatic carbocycles. The Morgan fingerprint density at radius 2 is 1.96 bits per heavy atom. The van der Waals surface area contributed by atoms with Crippen molar-refractivity contribution in [2.75, 3.05) is 32.7 Å². The molecule has 1 atom stereocenters. The molecule has 1 fully saturated rings. The number of oxazole rings is 1. The molecule has 0 saturated carbocycles. The van der Waals surface area contributed by atoms with Crippen LogP contribution >= 0.6 is 0 Å². The minimum Gasteiger partial charge on any atom is -0.443 e. The van der Waals surface area contributed by atoms with Crippen molar-refractivity contribution in [2.45, 2.75) is 19.1 Å². The normalized spacial score (nSPS) is 16.9. The molecule has 0 bridgehead atoms. The summed E-state index contributed by atoms with van der Waals surface area (Å²) in [5, 5.41) is 5.39. The fourth-order valence-electron chi connectivity index (χ4n) is 3.04. The molecule has 1 aromatic heterocycles. The standard InChI is InChI=1S/C18H21F3N4O2/c1-12-2-4-13(5-3-12)16-15(24-11-27-16)17(26)23-10-14(18(19,20)21)25-8-6-22-7-9-25/h2-5,11,14,22H,6-10H2,1H3,(H,23,26). The molecule has 1 amide bonds. The van der Waals surface area contributed by atoms with Crippen LogP contribution in [0, 0.1) is 6.92 Å². The van der Waals surface area contributed by atoms with E-state index in [2.05, 4.69) is 15.6 Å². The van der Waals surface area contributed by atoms with Crippen LogP contribution in [0.3, 0.4) is 0 Å². The van der Waals surface area contributed by atoms with Gasteiger partial charge in [-0.3, -0.25) is 9.69 Å². The van der Waals surface area contributed by atoms with Crippen LogP contribution in [0.4, 0.5) is 13.2 Å². The van der Waals surface area contributed by atoms with Crippen LogP contribution in [0.15, 0.2) is 35.1 Å². The van der Waals surface area contributed by atoms with E-state index < -0.39 is 24.7 Å². The Morgan fingerprint density at radius 3 is 2.59 bits per heavy atom. The molecule has 1 aliphatic rings. The summed E-state index contributed by atoms with van der Waals surface area (Å²) >= 11 is 0. The Labute approximate surface area is 154 Å². The average Bonchev–Trinajstić information content (AvgIpc) is 3.12. The lowest BCUT2D eigenvalue weighted by Crippen LogP contribution is -2.57. The Balaban J connectivity index is 1.71. The number of rotatable bonds is 5. The van der Waals surface area contributed by atoms with Gasteiger partial charge in [0.05, 0.1) is 0 Å². The first kappa shape index (κ1) is 19.4. The number of benzene rings is 1. The van der Waals surface area contributed by atoms with Gasteiger partial charge in [0.15, 0.2) is 17.8 Å². The lowest BCUT2D eigenvalue weighted by atomic mass is 10.1. The van der Waals surface area contributed by atoms with E-state index in [0.717, 1.165) is 12.0 Å². The van der Waals surface area contributed by atoms with Gasteiger partial charge in [-0.05, 0) is 6.92 Å². The van der Waals surface area contributed by atoms with Crippen molar-refractivity contribution in [1.29, 1.82) is 0 Å². The summed E-state index contributed by atoms with van der Waals surface area (Å²) in [7, 11) is 0. The van der Waals surface area contributed by atoms with Gasteiger partial charge in [0.25, 0.3) is 5.91 Å². The predicted octanol–water partition coefficient (Wildman–Crippen LogP) is 2.22. The van der Waals surface area contributed by atoms with Crippen LogP contribution in [0.25, 0.3) is 11.3 Å². The number of nitrogens with one attached hydrogen (secondary N) is 2. The van der Waals surface area contributed by atoms with Gasteiger partial charge in [-0.25, -0.2) is 4.98 Å². The number of alkyl halides is 3. The first-order valence-corrected chi connectivity index (χ1v) is 8.66. The number of carbonyl (C=O) groups excluding carboxylic acids is 1. The Morgan fingerprint density at radius 1 is 1.30 bits per heavy atom. The van der Waals surface area contributed by atoms with Crippen molar-refractivity contribution < 1.29 is 22.4 Å². The summed E-state index contributed by atoms with van der Waals surface area (Å²) < 4.78 is 45.6. The van der Waals surface area contributed by atoms with Gasteiger partial charge in [0, 0.05) is 38.3 Å². The van der Waals surface area contributed by atoms with Crippen LogP contribution in [-0.4, -0.2) is 60.7 Å². The van der Waals surface area contributed by atoms with E-state index in [1.54, 1.807) is 12.1 Å². The van der Waals surface area contributed by atoms with E-state index in [1.807, 2.05) is 19.1 Å². The molecule has 0 radical (unpaired) electrons. The third-order valence-electron chi connectivity index (χ3n) is 4.52. The molecule has 146 valence electrons. The van der Waals surface area contributed by atoms with Crippen molar-refractivity contribution in [1.82, 2.24) is 20.5 Å². The minimum absolute atomic E-state index is 0.0277. The monoisotopic (exact) mass is 382 g/mol. The average molecular weight is 382 g/mol. The van der Waals surface area contributed by atoms with E-state index in [1.165, 1.54) is 4.90 Å². The maximum Gasteiger partial charge on any atom is 0.405 e. The zero-order chi connectivity index (χ0) is 19.4. The summed E-state index contributed by atoms with van der Waals surface area (Å²) in [6, 6.07) is 5.50. The number of aromatic nitrogens is 1. The topological polar surface area (TPSA) is 70.4 Å². The van der Waals surface area contributed by atoms with Gasteiger partial charge in [-0.15, -0.1) is 0 Å². The Bertz CT molecular complexity index is 768. The van der Waals surface area contributed by atoms with Gasteiger partial charge < -0.3 is 15.1 Å². The number of piperazine rings is 1. The summed E-state index contributed by atoms with van der Waals surface area (Å²) in [5.74, 6) is -0.457. The van der Waals surface area contributed by atoms with Crippen molar-refractivity contribution in [3.63, 3.8) is 0 Å². The van der Waals surface area contributed by atoms with E-state index in [9.17, 15) is 18.0 Å². The van der Waals surface area contributed by atoms with E-state index in [4.69, 9.17) is 4.42 Å². The molecule has 2 N–H and O–H groups in total. The van der Waals surface area contributed by atoms with Gasteiger partial charge in [-0.1, -0.05) is 29.8 Å². The smallest absolute Gasteiger partial charge is 0.405 e. The van der Waals surface area contributed by atoms with Crippen LogP contribution < -0.4 is 10.6 Å². The second-order valence-corrected chi connectivity index (χ2v) is 6.45. The third-order valence-corrected chi connectivity index (χ3v) is 4.52. The fourth-order valence-corrected chi connectivity index (χ4v) is 3.04. The summed E-state index contributed by atoms with van der Waals surface area (Å²) in [4.78, 5) is 17.7. The zero-order valence-corrected chi connectivity index (χ0v) is 14.8. The molecular weight excluding hydrogens is 361 g/mol. The number of hydrogen-bond acceptors (Lipinski definition) is 5. The summed E-state index contributed by atoms with van der Waals surface area (Å²) in [6.45, 7) is 2.91. The number of amides is 1. The highest BCUT2D eigenvalue weighted by molar-refractivity contribution is 5.97. The van der Waals surface area contributed by atoms with Gasteiger partial charge in [-0.2, -0.15) is 13.2 Å². The SMILES string of the molecule is Cc1ccc(-c2ocnc2C(=O)NCC(N2CCNCC2)C(F)(F)F)cc1. The lowest BCUT2D eigenvalue weighted by molar-refractivity contribution is -0.183. The maximum absolute atomic E-state index is 13.4. The van der Waals surface area contributed by atoms with E-state index >= 15 is 0 Å². The molecular formula is C18H21F3N4O2. The molecule has 6 nitrogen and oxygen atoms in total. The molecule has 0 aliphatic carbocycles. The minimum atomic E-state index is -4.44. The maximum atomic E-state index is 13.4. The van der Waals surface area contributed by atoms with Gasteiger partial charge >= 0.3 is 6.18 Å². The van der Waals surface area contributed by atoms with Crippen LogP contribution in [-0.2, 0) is 0 Å². The van der Waals surface area contributed by atoms with Gasteiger partial charge in [0.1, 0.15) is 6.04 Å². The Kier molecular flexibility index (Phi) is 5.81. The molecule has 1 saturated heterocycles. The highest BCUT2D eigenvalue weighted by atomic mass is 19.4. The first-order valence-electron chi connectivity index (χ1n) is 8.66. The number of halogens is 3. The van der Waals surface area contributed by atoms with Crippen LogP contribution in [0.1, 0.15) is 16.1 Å². The highest BCUT2D eigenvalue weighted by Gasteiger charge is 2.44.